The number of hydrogen-bond donors (Lipinski definition) is 2. The normalized spacial score (nSPS) is 33.4. The van der Waals surface area contributed by atoms with Crippen molar-refractivity contribution in [2.75, 3.05) is 27.0 Å². The SMILES string of the molecule is COc1cccc2c1[C@H]1NC3=C(CC(C4CNCO4)C=C3)C(C)(C)[C@H]1CO2. The Morgan fingerprint density at radius 3 is 2.93 bits per heavy atom. The van der Waals surface area contributed by atoms with Crippen molar-refractivity contribution in [1.29, 1.82) is 0 Å². The van der Waals surface area contributed by atoms with Crippen molar-refractivity contribution in [2.45, 2.75) is 32.4 Å². The fourth-order valence-electron chi connectivity index (χ4n) is 5.24. The Bertz CT molecular complexity index is 794. The predicted molar refractivity (Wildman–Crippen MR) is 104 cm³/mol. The minimum Gasteiger partial charge on any atom is -0.496 e. The molecule has 4 atom stereocenters. The topological polar surface area (TPSA) is 51.8 Å². The molecule has 5 heteroatoms. The lowest BCUT2D eigenvalue weighted by molar-refractivity contribution is 0.0629. The molecule has 3 aliphatic heterocycles. The zero-order valence-corrected chi connectivity index (χ0v) is 16.2. The smallest absolute Gasteiger partial charge is 0.128 e. The Balaban J connectivity index is 1.52. The Morgan fingerprint density at radius 2 is 2.15 bits per heavy atom. The molecule has 0 saturated carbocycles. The van der Waals surface area contributed by atoms with Crippen molar-refractivity contribution in [1.82, 2.24) is 10.6 Å². The lowest BCUT2D eigenvalue weighted by atomic mass is 9.62. The first-order valence-corrected chi connectivity index (χ1v) is 9.90. The van der Waals surface area contributed by atoms with Gasteiger partial charge in [-0.1, -0.05) is 26.0 Å². The summed E-state index contributed by atoms with van der Waals surface area (Å²) < 4.78 is 17.7. The second-order valence-electron chi connectivity index (χ2n) is 8.56. The molecule has 0 radical (unpaired) electrons. The number of rotatable bonds is 2. The maximum absolute atomic E-state index is 6.18. The first-order valence-electron chi connectivity index (χ1n) is 9.90. The highest BCUT2D eigenvalue weighted by Crippen LogP contribution is 2.55. The Kier molecular flexibility index (Phi) is 3.99. The van der Waals surface area contributed by atoms with Crippen molar-refractivity contribution in [3.63, 3.8) is 0 Å². The van der Waals surface area contributed by atoms with Gasteiger partial charge in [0.25, 0.3) is 0 Å². The van der Waals surface area contributed by atoms with Crippen LogP contribution in [0, 0.1) is 17.3 Å². The molecule has 0 amide bonds. The molecule has 0 aromatic heterocycles. The van der Waals surface area contributed by atoms with Gasteiger partial charge in [-0.3, -0.25) is 5.32 Å². The van der Waals surface area contributed by atoms with Crippen LogP contribution in [0.1, 0.15) is 31.9 Å². The van der Waals surface area contributed by atoms with Gasteiger partial charge in [-0.25, -0.2) is 0 Å². The average molecular weight is 368 g/mol. The van der Waals surface area contributed by atoms with Crippen LogP contribution in [-0.4, -0.2) is 33.1 Å². The average Bonchev–Trinajstić information content (AvgIpc) is 3.22. The highest BCUT2D eigenvalue weighted by molar-refractivity contribution is 5.51. The maximum Gasteiger partial charge on any atom is 0.128 e. The van der Waals surface area contributed by atoms with Gasteiger partial charge < -0.3 is 19.5 Å². The summed E-state index contributed by atoms with van der Waals surface area (Å²) in [5.41, 5.74) is 3.95. The fourth-order valence-corrected chi connectivity index (χ4v) is 5.24. The molecular formula is C22H28N2O3. The highest BCUT2D eigenvalue weighted by atomic mass is 16.5. The van der Waals surface area contributed by atoms with Crippen LogP contribution in [0.2, 0.25) is 0 Å². The largest absolute Gasteiger partial charge is 0.496 e. The number of ether oxygens (including phenoxy) is 3. The van der Waals surface area contributed by atoms with Gasteiger partial charge in [0.15, 0.2) is 0 Å². The van der Waals surface area contributed by atoms with E-state index in [1.54, 1.807) is 7.11 Å². The minimum absolute atomic E-state index is 0.0405. The monoisotopic (exact) mass is 368 g/mol. The molecule has 2 N–H and O–H groups in total. The minimum atomic E-state index is 0.0405. The van der Waals surface area contributed by atoms with E-state index in [4.69, 9.17) is 14.2 Å². The second-order valence-corrected chi connectivity index (χ2v) is 8.56. The van der Waals surface area contributed by atoms with E-state index in [0.29, 0.717) is 18.6 Å². The number of hydrogen-bond acceptors (Lipinski definition) is 5. The summed E-state index contributed by atoms with van der Waals surface area (Å²) in [6, 6.07) is 6.27. The van der Waals surface area contributed by atoms with Gasteiger partial charge in [-0.2, -0.15) is 0 Å². The molecular weight excluding hydrogens is 340 g/mol. The van der Waals surface area contributed by atoms with Gasteiger partial charge in [0, 0.05) is 24.1 Å². The summed E-state index contributed by atoms with van der Waals surface area (Å²) in [4.78, 5) is 0. The van der Waals surface area contributed by atoms with Crippen LogP contribution in [-0.2, 0) is 4.74 Å². The number of benzene rings is 1. The molecule has 3 heterocycles. The maximum atomic E-state index is 6.18. The first-order chi connectivity index (χ1) is 13.1. The van der Waals surface area contributed by atoms with E-state index >= 15 is 0 Å². The molecule has 5 nitrogen and oxygen atoms in total. The lowest BCUT2D eigenvalue weighted by Gasteiger charge is -2.51. The van der Waals surface area contributed by atoms with E-state index < -0.39 is 0 Å². The van der Waals surface area contributed by atoms with E-state index in [9.17, 15) is 0 Å². The van der Waals surface area contributed by atoms with Crippen LogP contribution in [0.25, 0.3) is 0 Å². The zero-order chi connectivity index (χ0) is 18.6. The third-order valence-electron chi connectivity index (χ3n) is 6.89. The van der Waals surface area contributed by atoms with Crippen LogP contribution in [0.15, 0.2) is 41.6 Å². The van der Waals surface area contributed by atoms with Gasteiger partial charge >= 0.3 is 0 Å². The molecule has 1 aliphatic carbocycles. The van der Waals surface area contributed by atoms with Crippen LogP contribution in [0.3, 0.4) is 0 Å². The highest BCUT2D eigenvalue weighted by Gasteiger charge is 2.49. The molecule has 0 bridgehead atoms. The molecule has 4 aliphatic rings. The summed E-state index contributed by atoms with van der Waals surface area (Å²) in [7, 11) is 1.73. The van der Waals surface area contributed by atoms with Crippen LogP contribution < -0.4 is 20.1 Å². The van der Waals surface area contributed by atoms with Crippen molar-refractivity contribution < 1.29 is 14.2 Å². The molecule has 1 saturated heterocycles. The summed E-state index contributed by atoms with van der Waals surface area (Å²) in [5.74, 6) is 2.63. The van der Waals surface area contributed by atoms with E-state index in [1.807, 2.05) is 18.2 Å². The quantitative estimate of drug-likeness (QED) is 0.840. The van der Waals surface area contributed by atoms with Crippen LogP contribution in [0.4, 0.5) is 0 Å². The molecule has 144 valence electrons. The summed E-state index contributed by atoms with van der Waals surface area (Å²) in [6.07, 6.45) is 5.91. The van der Waals surface area contributed by atoms with Gasteiger partial charge in [0.2, 0.25) is 0 Å². The standard InChI is InChI=1S/C22H28N2O3/c1-22(2)14-9-13(19-10-23-12-27-19)7-8-16(14)24-21-15(22)11-26-18-6-4-5-17(25-3)20(18)21/h4-8,13,15,19,21,23-24H,9-12H2,1-3H3/t13?,15-,19?,21-/m0/s1. The number of methoxy groups -OCH3 is 1. The van der Waals surface area contributed by atoms with Crippen LogP contribution in [0.5, 0.6) is 11.5 Å². The van der Waals surface area contributed by atoms with Gasteiger partial charge in [0.1, 0.15) is 11.5 Å². The Hall–Kier alpha value is -1.98. The van der Waals surface area contributed by atoms with Crippen molar-refractivity contribution >= 4 is 0 Å². The van der Waals surface area contributed by atoms with Crippen molar-refractivity contribution in [3.05, 3.63) is 47.2 Å². The molecule has 1 aromatic carbocycles. The molecule has 27 heavy (non-hydrogen) atoms. The Morgan fingerprint density at radius 1 is 1.26 bits per heavy atom. The molecule has 2 unspecified atom stereocenters. The molecule has 1 fully saturated rings. The molecule has 5 rings (SSSR count). The van der Waals surface area contributed by atoms with Gasteiger partial charge in [0.05, 0.1) is 38.2 Å². The van der Waals surface area contributed by atoms with E-state index in [1.165, 1.54) is 11.3 Å². The predicted octanol–water partition coefficient (Wildman–Crippen LogP) is 3.15. The number of allylic oxidation sites excluding steroid dienone is 2. The van der Waals surface area contributed by atoms with E-state index in [-0.39, 0.29) is 17.6 Å². The van der Waals surface area contributed by atoms with Gasteiger partial charge in [-0.15, -0.1) is 0 Å². The lowest BCUT2D eigenvalue weighted by Crippen LogP contribution is -2.49. The molecule has 1 aromatic rings. The Labute approximate surface area is 160 Å². The molecule has 0 spiro atoms. The number of nitrogens with one attached hydrogen (secondary N) is 2. The first kappa shape index (κ1) is 17.1. The fraction of sp³-hybridized carbons (Fsp3) is 0.545. The second kappa shape index (κ2) is 6.28. The van der Waals surface area contributed by atoms with E-state index in [0.717, 1.165) is 36.6 Å². The summed E-state index contributed by atoms with van der Waals surface area (Å²) in [5, 5.41) is 7.14. The van der Waals surface area contributed by atoms with Crippen molar-refractivity contribution in [2.24, 2.45) is 17.3 Å². The third kappa shape index (κ3) is 2.59. The summed E-state index contributed by atoms with van der Waals surface area (Å²) in [6.45, 7) is 7.06. The third-order valence-corrected chi connectivity index (χ3v) is 6.89. The zero-order valence-electron chi connectivity index (χ0n) is 16.2. The van der Waals surface area contributed by atoms with E-state index in [2.05, 4.69) is 36.6 Å². The number of fused-ring (bicyclic) bond motifs is 3. The van der Waals surface area contributed by atoms with Gasteiger partial charge in [-0.05, 0) is 35.6 Å². The summed E-state index contributed by atoms with van der Waals surface area (Å²) >= 11 is 0. The van der Waals surface area contributed by atoms with Crippen LogP contribution >= 0.6 is 0 Å². The van der Waals surface area contributed by atoms with Crippen molar-refractivity contribution in [3.8, 4) is 11.5 Å².